The molecule has 4 rings (SSSR count). The van der Waals surface area contributed by atoms with Crippen LogP contribution in [0.15, 0.2) is 48.7 Å². The molecule has 2 aromatic heterocycles. The molecule has 0 bridgehead atoms. The SMILES string of the molecule is CC.CCc1cc2cc(-c3c[nH]c4cc(F)ccc34)ccc2[nH]1. The highest BCUT2D eigenvalue weighted by Crippen LogP contribution is 2.31. The Labute approximate surface area is 135 Å². The van der Waals surface area contributed by atoms with Crippen LogP contribution >= 0.6 is 0 Å². The quantitative estimate of drug-likeness (QED) is 0.452. The van der Waals surface area contributed by atoms with Gasteiger partial charge in [-0.05, 0) is 48.4 Å². The number of hydrogen-bond donors (Lipinski definition) is 2. The van der Waals surface area contributed by atoms with E-state index in [0.29, 0.717) is 0 Å². The van der Waals surface area contributed by atoms with Gasteiger partial charge in [0.05, 0.1) is 0 Å². The fraction of sp³-hybridized carbons (Fsp3) is 0.200. The van der Waals surface area contributed by atoms with Gasteiger partial charge < -0.3 is 9.97 Å². The third kappa shape index (κ3) is 2.74. The second-order valence-corrected chi connectivity index (χ2v) is 5.34. The average Bonchev–Trinajstić information content (AvgIpc) is 3.18. The lowest BCUT2D eigenvalue weighted by Crippen LogP contribution is -1.77. The number of benzene rings is 2. The zero-order valence-corrected chi connectivity index (χ0v) is 13.7. The monoisotopic (exact) mass is 308 g/mol. The molecule has 23 heavy (non-hydrogen) atoms. The van der Waals surface area contributed by atoms with Gasteiger partial charge in [0.1, 0.15) is 5.82 Å². The van der Waals surface area contributed by atoms with Crippen molar-refractivity contribution in [3.8, 4) is 11.1 Å². The van der Waals surface area contributed by atoms with Gasteiger partial charge in [0.25, 0.3) is 0 Å². The molecule has 0 aliphatic rings. The summed E-state index contributed by atoms with van der Waals surface area (Å²) in [5.41, 5.74) is 5.46. The lowest BCUT2D eigenvalue weighted by atomic mass is 10.0. The molecule has 0 saturated carbocycles. The minimum atomic E-state index is -0.218. The summed E-state index contributed by atoms with van der Waals surface area (Å²) in [4.78, 5) is 6.55. The van der Waals surface area contributed by atoms with Crippen LogP contribution in [0, 0.1) is 5.82 Å². The van der Waals surface area contributed by atoms with Gasteiger partial charge in [0.2, 0.25) is 0 Å². The summed E-state index contributed by atoms with van der Waals surface area (Å²) in [5, 5.41) is 2.25. The van der Waals surface area contributed by atoms with Crippen molar-refractivity contribution in [2.45, 2.75) is 27.2 Å². The van der Waals surface area contributed by atoms with E-state index in [-0.39, 0.29) is 5.82 Å². The molecule has 0 spiro atoms. The molecule has 0 saturated heterocycles. The van der Waals surface area contributed by atoms with Crippen molar-refractivity contribution in [3.63, 3.8) is 0 Å². The molecule has 118 valence electrons. The van der Waals surface area contributed by atoms with Gasteiger partial charge in [-0.15, -0.1) is 0 Å². The van der Waals surface area contributed by atoms with Gasteiger partial charge in [-0.1, -0.05) is 26.8 Å². The summed E-state index contributed by atoms with van der Waals surface area (Å²) in [7, 11) is 0. The van der Waals surface area contributed by atoms with E-state index in [1.54, 1.807) is 0 Å². The van der Waals surface area contributed by atoms with E-state index in [4.69, 9.17) is 0 Å². The van der Waals surface area contributed by atoms with Gasteiger partial charge >= 0.3 is 0 Å². The van der Waals surface area contributed by atoms with Crippen LogP contribution in [-0.4, -0.2) is 9.97 Å². The Morgan fingerprint density at radius 3 is 2.57 bits per heavy atom. The van der Waals surface area contributed by atoms with E-state index < -0.39 is 0 Å². The van der Waals surface area contributed by atoms with Gasteiger partial charge in [0.15, 0.2) is 0 Å². The van der Waals surface area contributed by atoms with Crippen molar-refractivity contribution in [2.24, 2.45) is 0 Å². The second-order valence-electron chi connectivity index (χ2n) is 5.34. The Balaban J connectivity index is 0.000000753. The smallest absolute Gasteiger partial charge is 0.125 e. The largest absolute Gasteiger partial charge is 0.360 e. The Bertz CT molecular complexity index is 947. The highest BCUT2D eigenvalue weighted by molar-refractivity contribution is 5.97. The van der Waals surface area contributed by atoms with E-state index >= 15 is 0 Å². The molecule has 0 radical (unpaired) electrons. The molecule has 0 fully saturated rings. The van der Waals surface area contributed by atoms with Crippen molar-refractivity contribution < 1.29 is 4.39 Å². The molecule has 0 amide bonds. The van der Waals surface area contributed by atoms with Crippen LogP contribution in [0.5, 0.6) is 0 Å². The first kappa shape index (κ1) is 15.3. The molecule has 4 aromatic rings. The number of halogens is 1. The number of hydrogen-bond acceptors (Lipinski definition) is 0. The molecule has 0 aliphatic carbocycles. The number of nitrogens with one attached hydrogen (secondary N) is 2. The van der Waals surface area contributed by atoms with Crippen LogP contribution in [0.3, 0.4) is 0 Å². The maximum atomic E-state index is 13.3. The lowest BCUT2D eigenvalue weighted by molar-refractivity contribution is 0.629. The van der Waals surface area contributed by atoms with E-state index in [1.165, 1.54) is 23.2 Å². The van der Waals surface area contributed by atoms with Gasteiger partial charge in [-0.2, -0.15) is 0 Å². The molecular formula is C20H21FN2. The summed E-state index contributed by atoms with van der Waals surface area (Å²) in [6.45, 7) is 6.14. The molecular weight excluding hydrogens is 287 g/mol. The van der Waals surface area contributed by atoms with Gasteiger partial charge in [-0.3, -0.25) is 0 Å². The number of H-pyrrole nitrogens is 2. The van der Waals surface area contributed by atoms with E-state index in [1.807, 2.05) is 26.1 Å². The van der Waals surface area contributed by atoms with Crippen LogP contribution in [0.2, 0.25) is 0 Å². The molecule has 2 nitrogen and oxygen atoms in total. The number of aromatic nitrogens is 2. The standard InChI is InChI=1S/C18H15FN2.C2H6/c1-2-14-8-12-7-11(3-6-17(12)21-14)16-10-20-18-9-13(19)4-5-15(16)18;1-2/h3-10,20-21H,2H2,1H3;1-2H3. The zero-order valence-electron chi connectivity index (χ0n) is 13.7. The summed E-state index contributed by atoms with van der Waals surface area (Å²) in [6.07, 6.45) is 2.94. The number of rotatable bonds is 2. The molecule has 2 aromatic carbocycles. The lowest BCUT2D eigenvalue weighted by Gasteiger charge is -2.00. The normalized spacial score (nSPS) is 10.8. The highest BCUT2D eigenvalue weighted by Gasteiger charge is 2.08. The molecule has 3 heteroatoms. The molecule has 2 N–H and O–H groups in total. The predicted molar refractivity (Wildman–Crippen MR) is 96.3 cm³/mol. The van der Waals surface area contributed by atoms with Crippen molar-refractivity contribution in [1.29, 1.82) is 0 Å². The first-order chi connectivity index (χ1) is 11.2. The van der Waals surface area contributed by atoms with E-state index in [0.717, 1.165) is 34.0 Å². The molecule has 0 unspecified atom stereocenters. The third-order valence-electron chi connectivity index (χ3n) is 4.01. The summed E-state index contributed by atoms with van der Waals surface area (Å²) >= 11 is 0. The van der Waals surface area contributed by atoms with E-state index in [9.17, 15) is 4.39 Å². The van der Waals surface area contributed by atoms with Crippen molar-refractivity contribution in [3.05, 3.63) is 60.2 Å². The Morgan fingerprint density at radius 2 is 1.78 bits per heavy atom. The Hall–Kier alpha value is -2.55. The summed E-state index contributed by atoms with van der Waals surface area (Å²) < 4.78 is 13.3. The van der Waals surface area contributed by atoms with Gasteiger partial charge in [0, 0.05) is 39.3 Å². The fourth-order valence-corrected chi connectivity index (χ4v) is 2.89. The van der Waals surface area contributed by atoms with Gasteiger partial charge in [-0.25, -0.2) is 4.39 Å². The van der Waals surface area contributed by atoms with Crippen molar-refractivity contribution in [1.82, 2.24) is 9.97 Å². The zero-order chi connectivity index (χ0) is 16.4. The van der Waals surface area contributed by atoms with Crippen LogP contribution in [0.1, 0.15) is 26.5 Å². The Kier molecular flexibility index (Phi) is 4.20. The maximum Gasteiger partial charge on any atom is 0.125 e. The number of fused-ring (bicyclic) bond motifs is 2. The topological polar surface area (TPSA) is 31.6 Å². The van der Waals surface area contributed by atoms with E-state index in [2.05, 4.69) is 41.2 Å². The minimum Gasteiger partial charge on any atom is -0.360 e. The Morgan fingerprint density at radius 1 is 0.957 bits per heavy atom. The summed E-state index contributed by atoms with van der Waals surface area (Å²) in [6, 6.07) is 13.4. The number of aryl methyl sites for hydroxylation is 1. The molecule has 0 aliphatic heterocycles. The molecule has 0 atom stereocenters. The molecule has 2 heterocycles. The van der Waals surface area contributed by atoms with Crippen LogP contribution in [0.4, 0.5) is 4.39 Å². The highest BCUT2D eigenvalue weighted by atomic mass is 19.1. The second kappa shape index (κ2) is 6.29. The number of aromatic amines is 2. The predicted octanol–water partition coefficient (Wildman–Crippen LogP) is 6.04. The summed E-state index contributed by atoms with van der Waals surface area (Å²) in [5.74, 6) is -0.218. The first-order valence-electron chi connectivity index (χ1n) is 8.13. The minimum absolute atomic E-state index is 0.218. The maximum absolute atomic E-state index is 13.3. The third-order valence-corrected chi connectivity index (χ3v) is 4.01. The average molecular weight is 308 g/mol. The van der Waals surface area contributed by atoms with Crippen molar-refractivity contribution >= 4 is 21.8 Å². The first-order valence-corrected chi connectivity index (χ1v) is 8.13. The van der Waals surface area contributed by atoms with Crippen LogP contribution in [0.25, 0.3) is 32.9 Å². The fourth-order valence-electron chi connectivity index (χ4n) is 2.89. The van der Waals surface area contributed by atoms with Crippen LogP contribution in [-0.2, 0) is 6.42 Å². The van der Waals surface area contributed by atoms with Crippen LogP contribution < -0.4 is 0 Å². The van der Waals surface area contributed by atoms with Crippen molar-refractivity contribution in [2.75, 3.05) is 0 Å².